The lowest BCUT2D eigenvalue weighted by Crippen LogP contribution is -2.18. The third-order valence-corrected chi connectivity index (χ3v) is 4.12. The maximum Gasteiger partial charge on any atom is 0.214 e. The van der Waals surface area contributed by atoms with Gasteiger partial charge in [0, 0.05) is 5.56 Å². The zero-order valence-corrected chi connectivity index (χ0v) is 15.8. The number of ketones is 1. The smallest absolute Gasteiger partial charge is 0.214 e. The second-order valence-electron chi connectivity index (χ2n) is 6.16. The van der Waals surface area contributed by atoms with E-state index in [9.17, 15) is 4.79 Å². The molecule has 0 unspecified atom stereocenters. The Labute approximate surface area is 164 Å². The lowest BCUT2D eigenvalue weighted by atomic mass is 10.0. The first kappa shape index (κ1) is 19.0. The van der Waals surface area contributed by atoms with Crippen molar-refractivity contribution in [3.05, 3.63) is 90.0 Å². The number of oxime groups is 1. The quantitative estimate of drug-likeness (QED) is 0.363. The zero-order valence-electron chi connectivity index (χ0n) is 15.8. The van der Waals surface area contributed by atoms with E-state index in [4.69, 9.17) is 4.84 Å². The van der Waals surface area contributed by atoms with Gasteiger partial charge in [0.1, 0.15) is 7.11 Å². The van der Waals surface area contributed by atoms with Gasteiger partial charge in [0.05, 0.1) is 11.9 Å². The molecule has 0 heterocycles. The Bertz CT molecular complexity index is 977. The molecule has 0 fully saturated rings. The fourth-order valence-electron chi connectivity index (χ4n) is 2.59. The summed E-state index contributed by atoms with van der Waals surface area (Å²) >= 11 is 0. The summed E-state index contributed by atoms with van der Waals surface area (Å²) in [7, 11) is 1.42. The Kier molecular flexibility index (Phi) is 6.31. The molecule has 3 aromatic rings. The van der Waals surface area contributed by atoms with Crippen LogP contribution in [-0.2, 0) is 4.84 Å². The Balaban J connectivity index is 1.81. The van der Waals surface area contributed by atoms with Crippen LogP contribution in [0.4, 0.5) is 5.69 Å². The predicted molar refractivity (Wildman–Crippen MR) is 114 cm³/mol. The van der Waals surface area contributed by atoms with Crippen LogP contribution in [0.25, 0.3) is 11.1 Å². The maximum absolute atomic E-state index is 12.9. The van der Waals surface area contributed by atoms with Gasteiger partial charge in [0.25, 0.3) is 0 Å². The van der Waals surface area contributed by atoms with E-state index in [2.05, 4.69) is 15.7 Å². The number of hydrazone groups is 1. The van der Waals surface area contributed by atoms with Crippen molar-refractivity contribution < 1.29 is 9.63 Å². The van der Waals surface area contributed by atoms with Gasteiger partial charge in [-0.2, -0.15) is 5.10 Å². The van der Waals surface area contributed by atoms with E-state index >= 15 is 0 Å². The number of rotatable bonds is 7. The molecule has 0 aliphatic rings. The average molecular weight is 371 g/mol. The van der Waals surface area contributed by atoms with E-state index in [0.717, 1.165) is 22.4 Å². The minimum absolute atomic E-state index is 0.148. The van der Waals surface area contributed by atoms with E-state index < -0.39 is 0 Å². The molecule has 0 aliphatic carbocycles. The normalized spacial score (nSPS) is 11.4. The van der Waals surface area contributed by atoms with E-state index in [0.29, 0.717) is 5.56 Å². The van der Waals surface area contributed by atoms with Gasteiger partial charge in [-0.05, 0) is 30.2 Å². The largest absolute Gasteiger partial charge is 0.399 e. The molecule has 5 heteroatoms. The van der Waals surface area contributed by atoms with Crippen molar-refractivity contribution in [1.29, 1.82) is 0 Å². The number of hydrogen-bond donors (Lipinski definition) is 1. The van der Waals surface area contributed by atoms with Crippen LogP contribution >= 0.6 is 0 Å². The van der Waals surface area contributed by atoms with E-state index in [1.165, 1.54) is 13.3 Å². The van der Waals surface area contributed by atoms with E-state index in [1.807, 2.05) is 73.7 Å². The van der Waals surface area contributed by atoms with Gasteiger partial charge in [0.15, 0.2) is 5.71 Å². The molecule has 140 valence electrons. The van der Waals surface area contributed by atoms with Crippen LogP contribution in [0.2, 0.25) is 0 Å². The molecule has 0 aromatic heterocycles. The van der Waals surface area contributed by atoms with Crippen LogP contribution in [0.5, 0.6) is 0 Å². The van der Waals surface area contributed by atoms with Crippen molar-refractivity contribution in [3.8, 4) is 11.1 Å². The van der Waals surface area contributed by atoms with Crippen LogP contribution in [-0.4, -0.2) is 24.8 Å². The summed E-state index contributed by atoms with van der Waals surface area (Å²) in [6, 6.07) is 25.1. The molecule has 0 saturated carbocycles. The third-order valence-electron chi connectivity index (χ3n) is 4.12. The van der Waals surface area contributed by atoms with Crippen molar-refractivity contribution in [2.75, 3.05) is 12.5 Å². The van der Waals surface area contributed by atoms with Crippen LogP contribution in [0.3, 0.4) is 0 Å². The molecular formula is C23H21N3O2. The summed E-state index contributed by atoms with van der Waals surface area (Å²) in [4.78, 5) is 17.6. The van der Waals surface area contributed by atoms with Crippen LogP contribution in [0.15, 0.2) is 89.1 Å². The first-order valence-electron chi connectivity index (χ1n) is 8.84. The highest BCUT2D eigenvalue weighted by molar-refractivity contribution is 6.64. The molecule has 0 aliphatic heterocycles. The molecule has 0 amide bonds. The topological polar surface area (TPSA) is 63.1 Å². The molecule has 0 atom stereocenters. The van der Waals surface area contributed by atoms with E-state index in [1.54, 1.807) is 12.1 Å². The number of nitrogens with zero attached hydrogens (tertiary/aromatic N) is 2. The Morgan fingerprint density at radius 2 is 1.54 bits per heavy atom. The molecule has 0 bridgehead atoms. The van der Waals surface area contributed by atoms with Crippen molar-refractivity contribution in [1.82, 2.24) is 0 Å². The number of carbonyl (C=O) groups excluding carboxylic acids is 1. The molecule has 0 saturated heterocycles. The van der Waals surface area contributed by atoms with Gasteiger partial charge >= 0.3 is 0 Å². The van der Waals surface area contributed by atoms with Gasteiger partial charge in [0.2, 0.25) is 5.78 Å². The van der Waals surface area contributed by atoms with Crippen molar-refractivity contribution in [3.63, 3.8) is 0 Å². The number of benzene rings is 3. The number of hydrogen-bond acceptors (Lipinski definition) is 5. The minimum Gasteiger partial charge on any atom is -0.399 e. The highest BCUT2D eigenvalue weighted by atomic mass is 16.6. The number of aryl methyl sites for hydroxylation is 1. The molecule has 5 nitrogen and oxygen atoms in total. The van der Waals surface area contributed by atoms with Crippen LogP contribution in [0, 0.1) is 6.92 Å². The second kappa shape index (κ2) is 9.28. The highest BCUT2D eigenvalue weighted by Crippen LogP contribution is 2.19. The van der Waals surface area contributed by atoms with Crippen molar-refractivity contribution >= 4 is 23.4 Å². The molecule has 0 radical (unpaired) electrons. The van der Waals surface area contributed by atoms with Gasteiger partial charge in [-0.15, -0.1) is 0 Å². The lowest BCUT2D eigenvalue weighted by molar-refractivity contribution is 0.106. The van der Waals surface area contributed by atoms with Crippen LogP contribution in [0.1, 0.15) is 15.9 Å². The lowest BCUT2D eigenvalue weighted by Gasteiger charge is -2.06. The maximum atomic E-state index is 12.9. The molecule has 0 spiro atoms. The summed E-state index contributed by atoms with van der Waals surface area (Å²) in [6.45, 7) is 2.01. The fourth-order valence-corrected chi connectivity index (χ4v) is 2.59. The third kappa shape index (κ3) is 4.92. The number of carbonyl (C=O) groups is 1. The Hall–Kier alpha value is -3.73. The van der Waals surface area contributed by atoms with Gasteiger partial charge in [-0.25, -0.2) is 0 Å². The highest BCUT2D eigenvalue weighted by Gasteiger charge is 2.13. The summed E-state index contributed by atoms with van der Waals surface area (Å²) in [6.07, 6.45) is 1.30. The summed E-state index contributed by atoms with van der Waals surface area (Å²) in [5.41, 5.74) is 7.62. The van der Waals surface area contributed by atoms with Gasteiger partial charge in [-0.1, -0.05) is 77.4 Å². The molecule has 28 heavy (non-hydrogen) atoms. The summed E-state index contributed by atoms with van der Waals surface area (Å²) < 4.78 is 0. The molecule has 3 rings (SSSR count). The van der Waals surface area contributed by atoms with E-state index in [-0.39, 0.29) is 11.5 Å². The Morgan fingerprint density at radius 3 is 2.18 bits per heavy atom. The molecule has 3 aromatic carbocycles. The van der Waals surface area contributed by atoms with Crippen LogP contribution < -0.4 is 5.43 Å². The predicted octanol–water partition coefficient (Wildman–Crippen LogP) is 4.95. The standard InChI is InChI=1S/C23H21N3O2/c1-17-8-14-21(15-9-17)25-26-22(16-24-28-2)23(27)20-12-10-19(11-13-20)18-6-4-3-5-7-18/h3-16,25H,1-2H3/b24-16+,26-22-. The first-order chi connectivity index (χ1) is 13.7. The fraction of sp³-hybridized carbons (Fsp3) is 0.0870. The van der Waals surface area contributed by atoms with Gasteiger partial charge in [-0.3, -0.25) is 10.2 Å². The number of anilines is 1. The van der Waals surface area contributed by atoms with Gasteiger partial charge < -0.3 is 4.84 Å². The molecule has 1 N–H and O–H groups in total. The van der Waals surface area contributed by atoms with Crippen molar-refractivity contribution in [2.45, 2.75) is 6.92 Å². The SMILES string of the molecule is CO/N=C/C(=N/Nc1ccc(C)cc1)C(=O)c1ccc(-c2ccccc2)cc1. The zero-order chi connectivity index (χ0) is 19.8. The minimum atomic E-state index is -0.250. The summed E-state index contributed by atoms with van der Waals surface area (Å²) in [5, 5.41) is 7.90. The average Bonchev–Trinajstić information content (AvgIpc) is 2.75. The first-order valence-corrected chi connectivity index (χ1v) is 8.84. The molecular weight excluding hydrogens is 350 g/mol. The number of nitrogens with one attached hydrogen (secondary N) is 1. The summed E-state index contributed by atoms with van der Waals surface area (Å²) in [5.74, 6) is -0.250. The number of Topliss-reactive ketones (excluding diaryl/α,β-unsaturated/α-hetero) is 1. The second-order valence-corrected chi connectivity index (χ2v) is 6.16. The Morgan fingerprint density at radius 1 is 0.893 bits per heavy atom. The van der Waals surface area contributed by atoms with Crippen molar-refractivity contribution in [2.24, 2.45) is 10.3 Å². The monoisotopic (exact) mass is 371 g/mol.